The number of nitrogens with one attached hydrogen (secondary N) is 1. The molecule has 0 aliphatic carbocycles. The number of hydrogen-bond donors (Lipinski definition) is 1. The number of anilines is 2. The van der Waals surface area contributed by atoms with Crippen LogP contribution in [0.5, 0.6) is 5.75 Å². The van der Waals surface area contributed by atoms with E-state index in [0.29, 0.717) is 17.3 Å². The Morgan fingerprint density at radius 2 is 1.92 bits per heavy atom. The molecule has 0 aliphatic rings. The topological polar surface area (TPSA) is 47.0 Å². The molecule has 25 heavy (non-hydrogen) atoms. The second-order valence-electron chi connectivity index (χ2n) is 5.52. The van der Waals surface area contributed by atoms with E-state index in [9.17, 15) is 13.2 Å². The minimum absolute atomic E-state index is 0.350. The maximum Gasteiger partial charge on any atom is 0.392 e. The molecule has 0 bridgehead atoms. The fraction of sp³-hybridized carbons (Fsp3) is 0.294. The first kappa shape index (κ1) is 17.5. The molecule has 0 fully saturated rings. The Morgan fingerprint density at radius 3 is 2.68 bits per heavy atom. The Balaban J connectivity index is 1.87. The molecule has 3 aromatic rings. The lowest BCUT2D eigenvalue weighted by atomic mass is 10.2. The van der Waals surface area contributed by atoms with Crippen molar-refractivity contribution in [1.29, 1.82) is 0 Å². The Labute approximate surface area is 146 Å². The summed E-state index contributed by atoms with van der Waals surface area (Å²) < 4.78 is 42.3. The van der Waals surface area contributed by atoms with Crippen molar-refractivity contribution in [2.75, 3.05) is 11.9 Å². The highest BCUT2D eigenvalue weighted by Gasteiger charge is 2.27. The third-order valence-corrected chi connectivity index (χ3v) is 4.86. The summed E-state index contributed by atoms with van der Waals surface area (Å²) in [5.41, 5.74) is 1.64. The number of aryl methyl sites for hydroxylation is 2. The predicted octanol–water partition coefficient (Wildman–Crippen LogP) is 5.38. The number of para-hydroxylation sites is 2. The molecule has 8 heteroatoms. The average Bonchev–Trinajstić information content (AvgIpc) is 2.83. The molecule has 1 N–H and O–H groups in total. The zero-order valence-corrected chi connectivity index (χ0v) is 14.5. The van der Waals surface area contributed by atoms with Crippen molar-refractivity contribution in [1.82, 2.24) is 9.97 Å². The van der Waals surface area contributed by atoms with Gasteiger partial charge in [0.2, 0.25) is 0 Å². The van der Waals surface area contributed by atoms with Gasteiger partial charge in [-0.2, -0.15) is 13.2 Å². The smallest absolute Gasteiger partial charge is 0.392 e. The summed E-state index contributed by atoms with van der Waals surface area (Å²) in [5.74, 6) is 0.960. The minimum atomic E-state index is -4.24. The van der Waals surface area contributed by atoms with Crippen LogP contribution in [0.3, 0.4) is 0 Å². The van der Waals surface area contributed by atoms with Gasteiger partial charge in [0.05, 0.1) is 24.1 Å². The molecule has 2 aromatic heterocycles. The van der Waals surface area contributed by atoms with Crippen LogP contribution in [0, 0.1) is 13.8 Å². The van der Waals surface area contributed by atoms with E-state index in [1.807, 2.05) is 13.8 Å². The van der Waals surface area contributed by atoms with Gasteiger partial charge in [-0.3, -0.25) is 0 Å². The molecule has 1 aromatic carbocycles. The summed E-state index contributed by atoms with van der Waals surface area (Å²) in [6, 6.07) is 6.86. The zero-order chi connectivity index (χ0) is 18.0. The Morgan fingerprint density at radius 1 is 1.16 bits per heavy atom. The van der Waals surface area contributed by atoms with E-state index in [4.69, 9.17) is 4.74 Å². The van der Waals surface area contributed by atoms with Crippen LogP contribution in [0.25, 0.3) is 10.2 Å². The molecule has 132 valence electrons. The second-order valence-corrected chi connectivity index (χ2v) is 6.72. The van der Waals surface area contributed by atoms with Gasteiger partial charge < -0.3 is 10.1 Å². The number of halogens is 3. The monoisotopic (exact) mass is 367 g/mol. The molecular weight excluding hydrogens is 351 g/mol. The van der Waals surface area contributed by atoms with Gasteiger partial charge in [-0.25, -0.2) is 9.97 Å². The number of nitrogens with zero attached hydrogens (tertiary/aromatic N) is 2. The quantitative estimate of drug-likeness (QED) is 0.657. The molecule has 0 radical (unpaired) electrons. The molecule has 0 unspecified atom stereocenters. The van der Waals surface area contributed by atoms with E-state index in [1.54, 1.807) is 35.6 Å². The first-order valence-electron chi connectivity index (χ1n) is 7.61. The van der Waals surface area contributed by atoms with E-state index in [0.717, 1.165) is 20.7 Å². The van der Waals surface area contributed by atoms with E-state index >= 15 is 0 Å². The summed E-state index contributed by atoms with van der Waals surface area (Å²) >= 11 is 1.58. The molecule has 0 aliphatic heterocycles. The summed E-state index contributed by atoms with van der Waals surface area (Å²) in [5, 5.41) is 4.08. The number of alkyl halides is 3. The summed E-state index contributed by atoms with van der Waals surface area (Å²) in [7, 11) is 0. The van der Waals surface area contributed by atoms with Crippen LogP contribution in [0.4, 0.5) is 24.7 Å². The minimum Gasteiger partial charge on any atom is -0.491 e. The Bertz CT molecular complexity index is 892. The van der Waals surface area contributed by atoms with Crippen molar-refractivity contribution in [3.63, 3.8) is 0 Å². The highest BCUT2D eigenvalue weighted by Crippen LogP contribution is 2.35. The van der Waals surface area contributed by atoms with Gasteiger partial charge in [-0.15, -0.1) is 11.3 Å². The average molecular weight is 367 g/mol. The summed E-state index contributed by atoms with van der Waals surface area (Å²) in [6.07, 6.45) is -3.78. The Hall–Kier alpha value is -2.35. The van der Waals surface area contributed by atoms with Crippen LogP contribution in [0.1, 0.15) is 16.9 Å². The number of ether oxygens (including phenoxy) is 1. The predicted molar refractivity (Wildman–Crippen MR) is 92.8 cm³/mol. The van der Waals surface area contributed by atoms with Crippen molar-refractivity contribution in [3.05, 3.63) is 41.0 Å². The zero-order valence-electron chi connectivity index (χ0n) is 13.6. The van der Waals surface area contributed by atoms with Crippen molar-refractivity contribution >= 4 is 33.1 Å². The fourth-order valence-corrected chi connectivity index (χ4v) is 3.37. The fourth-order valence-electron chi connectivity index (χ4n) is 2.38. The lowest BCUT2D eigenvalue weighted by molar-refractivity contribution is -0.139. The van der Waals surface area contributed by atoms with E-state index in [-0.39, 0.29) is 0 Å². The number of rotatable bonds is 5. The highest BCUT2D eigenvalue weighted by atomic mass is 32.1. The Kier molecular flexibility index (Phi) is 4.80. The number of fused-ring (bicyclic) bond motifs is 1. The van der Waals surface area contributed by atoms with Gasteiger partial charge in [-0.1, -0.05) is 12.1 Å². The molecule has 3 rings (SSSR count). The van der Waals surface area contributed by atoms with Gasteiger partial charge in [-0.05, 0) is 31.5 Å². The maximum atomic E-state index is 12.3. The van der Waals surface area contributed by atoms with Crippen LogP contribution < -0.4 is 10.1 Å². The normalized spacial score (nSPS) is 11.7. The summed E-state index contributed by atoms with van der Waals surface area (Å²) in [6.45, 7) is 3.58. The van der Waals surface area contributed by atoms with E-state index in [1.165, 1.54) is 6.33 Å². The molecule has 2 heterocycles. The SMILES string of the molecule is Cc1sc2ncnc(Nc3ccccc3OCCC(F)(F)F)c2c1C. The number of benzene rings is 1. The van der Waals surface area contributed by atoms with Crippen LogP contribution in [0.2, 0.25) is 0 Å². The maximum absolute atomic E-state index is 12.3. The number of hydrogen-bond acceptors (Lipinski definition) is 5. The van der Waals surface area contributed by atoms with Gasteiger partial charge in [0.15, 0.2) is 0 Å². The number of thiophene rings is 1. The molecule has 0 spiro atoms. The molecular formula is C17H16F3N3OS. The van der Waals surface area contributed by atoms with Crippen LogP contribution in [-0.4, -0.2) is 22.8 Å². The molecule has 0 amide bonds. The molecule has 0 atom stereocenters. The van der Waals surface area contributed by atoms with E-state index < -0.39 is 19.2 Å². The van der Waals surface area contributed by atoms with Gasteiger partial charge in [0.25, 0.3) is 0 Å². The third kappa shape index (κ3) is 4.01. The van der Waals surface area contributed by atoms with E-state index in [2.05, 4.69) is 15.3 Å². The van der Waals surface area contributed by atoms with Gasteiger partial charge >= 0.3 is 6.18 Å². The van der Waals surface area contributed by atoms with Crippen molar-refractivity contribution < 1.29 is 17.9 Å². The molecule has 4 nitrogen and oxygen atoms in total. The molecule has 0 saturated carbocycles. The first-order valence-corrected chi connectivity index (χ1v) is 8.43. The van der Waals surface area contributed by atoms with Crippen LogP contribution in [-0.2, 0) is 0 Å². The largest absolute Gasteiger partial charge is 0.491 e. The standard InChI is InChI=1S/C17H16F3N3OS/c1-10-11(2)25-16-14(10)15(21-9-22-16)23-12-5-3-4-6-13(12)24-8-7-17(18,19)20/h3-6,9H,7-8H2,1-2H3,(H,21,22,23). The highest BCUT2D eigenvalue weighted by molar-refractivity contribution is 7.18. The lowest BCUT2D eigenvalue weighted by Gasteiger charge is -2.14. The van der Waals surface area contributed by atoms with Gasteiger partial charge in [0.1, 0.15) is 22.7 Å². The first-order chi connectivity index (χ1) is 11.8. The van der Waals surface area contributed by atoms with Crippen molar-refractivity contribution in [2.45, 2.75) is 26.4 Å². The van der Waals surface area contributed by atoms with Crippen molar-refractivity contribution in [3.8, 4) is 5.75 Å². The van der Waals surface area contributed by atoms with Crippen LogP contribution in [0.15, 0.2) is 30.6 Å². The van der Waals surface area contributed by atoms with Crippen LogP contribution >= 0.6 is 11.3 Å². The molecule has 0 saturated heterocycles. The number of aromatic nitrogens is 2. The van der Waals surface area contributed by atoms with Gasteiger partial charge in [0, 0.05) is 4.88 Å². The summed E-state index contributed by atoms with van der Waals surface area (Å²) in [4.78, 5) is 10.6. The lowest BCUT2D eigenvalue weighted by Crippen LogP contribution is -2.13. The third-order valence-electron chi connectivity index (χ3n) is 3.75. The second kappa shape index (κ2) is 6.87. The van der Waals surface area contributed by atoms with Crippen molar-refractivity contribution in [2.24, 2.45) is 0 Å².